The minimum Gasteiger partial charge on any atom is -0.496 e. The van der Waals surface area contributed by atoms with Gasteiger partial charge in [0.1, 0.15) is 5.75 Å². The van der Waals surface area contributed by atoms with Crippen LogP contribution in [0.25, 0.3) is 0 Å². The summed E-state index contributed by atoms with van der Waals surface area (Å²) in [5, 5.41) is 2.82. The van der Waals surface area contributed by atoms with Gasteiger partial charge in [0, 0.05) is 6.54 Å². The van der Waals surface area contributed by atoms with Crippen LogP contribution in [0.2, 0.25) is 0 Å². The third-order valence-electron chi connectivity index (χ3n) is 2.94. The van der Waals surface area contributed by atoms with Crippen molar-refractivity contribution in [3.63, 3.8) is 0 Å². The zero-order chi connectivity index (χ0) is 11.9. The van der Waals surface area contributed by atoms with Crippen molar-refractivity contribution >= 4 is 5.91 Å². The number of hydrogen-bond acceptors (Lipinski definition) is 2. The molecule has 1 amide bonds. The van der Waals surface area contributed by atoms with Crippen molar-refractivity contribution in [2.24, 2.45) is 0 Å². The van der Waals surface area contributed by atoms with E-state index < -0.39 is 0 Å². The molecule has 0 spiro atoms. The molecule has 0 aliphatic carbocycles. The largest absolute Gasteiger partial charge is 0.496 e. The highest BCUT2D eigenvalue weighted by Gasteiger charge is 2.26. The number of methoxy groups -OCH3 is 1. The van der Waals surface area contributed by atoms with Crippen LogP contribution in [0.4, 0.5) is 0 Å². The molecule has 0 atom stereocenters. The van der Waals surface area contributed by atoms with E-state index in [4.69, 9.17) is 4.74 Å². The Bertz CT molecular complexity index is 444. The Morgan fingerprint density at radius 3 is 2.56 bits per heavy atom. The fourth-order valence-electron chi connectivity index (χ4n) is 1.93. The maximum Gasteiger partial charge on any atom is 0.255 e. The van der Waals surface area contributed by atoms with E-state index in [-0.39, 0.29) is 11.3 Å². The summed E-state index contributed by atoms with van der Waals surface area (Å²) in [6.07, 6.45) is 0. The second-order valence-corrected chi connectivity index (χ2v) is 5.15. The van der Waals surface area contributed by atoms with Gasteiger partial charge in [-0.1, -0.05) is 26.8 Å². The summed E-state index contributed by atoms with van der Waals surface area (Å²) in [4.78, 5) is 11.6. The summed E-state index contributed by atoms with van der Waals surface area (Å²) >= 11 is 0. The first-order valence-electron chi connectivity index (χ1n) is 5.43. The van der Waals surface area contributed by atoms with Gasteiger partial charge in [0.15, 0.2) is 0 Å². The van der Waals surface area contributed by atoms with Crippen LogP contribution in [0.3, 0.4) is 0 Å². The first-order chi connectivity index (χ1) is 7.43. The Morgan fingerprint density at radius 2 is 2.00 bits per heavy atom. The molecule has 1 heterocycles. The van der Waals surface area contributed by atoms with E-state index in [1.807, 2.05) is 6.07 Å². The summed E-state index contributed by atoms with van der Waals surface area (Å²) in [5.74, 6) is 0.643. The van der Waals surface area contributed by atoms with Gasteiger partial charge in [-0.05, 0) is 22.6 Å². The molecular formula is C13H17NO2. The molecule has 0 bridgehead atoms. The van der Waals surface area contributed by atoms with E-state index in [2.05, 4.69) is 32.2 Å². The molecular weight excluding hydrogens is 202 g/mol. The van der Waals surface area contributed by atoms with Gasteiger partial charge in [-0.2, -0.15) is 0 Å². The third-order valence-corrected chi connectivity index (χ3v) is 2.94. The zero-order valence-electron chi connectivity index (χ0n) is 10.2. The van der Waals surface area contributed by atoms with Gasteiger partial charge in [0.2, 0.25) is 0 Å². The molecule has 0 radical (unpaired) electrons. The van der Waals surface area contributed by atoms with Crippen LogP contribution < -0.4 is 10.1 Å². The molecule has 0 saturated carbocycles. The third kappa shape index (κ3) is 1.66. The van der Waals surface area contributed by atoms with Crippen LogP contribution in [0.15, 0.2) is 12.1 Å². The summed E-state index contributed by atoms with van der Waals surface area (Å²) in [6.45, 7) is 7.06. The van der Waals surface area contributed by atoms with E-state index in [9.17, 15) is 4.79 Å². The van der Waals surface area contributed by atoms with E-state index in [1.54, 1.807) is 7.11 Å². The van der Waals surface area contributed by atoms with Crippen LogP contribution in [0.5, 0.6) is 5.75 Å². The Hall–Kier alpha value is -1.51. The minimum absolute atomic E-state index is 0.0349. The van der Waals surface area contributed by atoms with Crippen molar-refractivity contribution in [1.29, 1.82) is 0 Å². The molecule has 1 aromatic rings. The maximum atomic E-state index is 11.6. The number of fused-ring (bicyclic) bond motifs is 1. The lowest BCUT2D eigenvalue weighted by Crippen LogP contribution is -2.14. The SMILES string of the molecule is COc1cc(C(C)(C)C)cc2c1C(=O)NC2. The molecule has 0 saturated heterocycles. The van der Waals surface area contributed by atoms with Crippen LogP contribution in [-0.4, -0.2) is 13.0 Å². The number of benzene rings is 1. The van der Waals surface area contributed by atoms with Crippen molar-refractivity contribution in [3.8, 4) is 5.75 Å². The minimum atomic E-state index is -0.0349. The van der Waals surface area contributed by atoms with Crippen molar-refractivity contribution in [3.05, 3.63) is 28.8 Å². The first-order valence-corrected chi connectivity index (χ1v) is 5.43. The molecule has 1 aromatic carbocycles. The van der Waals surface area contributed by atoms with E-state index in [0.29, 0.717) is 17.9 Å². The highest BCUT2D eigenvalue weighted by molar-refractivity contribution is 6.01. The van der Waals surface area contributed by atoms with Gasteiger partial charge in [-0.3, -0.25) is 4.79 Å². The molecule has 0 unspecified atom stereocenters. The molecule has 3 heteroatoms. The quantitative estimate of drug-likeness (QED) is 0.786. The van der Waals surface area contributed by atoms with Gasteiger partial charge in [-0.25, -0.2) is 0 Å². The van der Waals surface area contributed by atoms with E-state index >= 15 is 0 Å². The Labute approximate surface area is 95.8 Å². The normalized spacial score (nSPS) is 14.6. The number of hydrogen-bond donors (Lipinski definition) is 1. The standard InChI is InChI=1S/C13H17NO2/c1-13(2,3)9-5-8-7-14-12(15)11(8)10(6-9)16-4/h5-6H,7H2,1-4H3,(H,14,15). The lowest BCUT2D eigenvalue weighted by Gasteiger charge is -2.21. The number of carbonyl (C=O) groups is 1. The molecule has 86 valence electrons. The van der Waals surface area contributed by atoms with Crippen molar-refractivity contribution < 1.29 is 9.53 Å². The number of carbonyl (C=O) groups excluding carboxylic acids is 1. The smallest absolute Gasteiger partial charge is 0.255 e. The summed E-state index contributed by atoms with van der Waals surface area (Å²) in [6, 6.07) is 4.06. The summed E-state index contributed by atoms with van der Waals surface area (Å²) < 4.78 is 5.30. The van der Waals surface area contributed by atoms with Gasteiger partial charge < -0.3 is 10.1 Å². The van der Waals surface area contributed by atoms with Gasteiger partial charge in [0.25, 0.3) is 5.91 Å². The lowest BCUT2D eigenvalue weighted by molar-refractivity contribution is 0.0963. The highest BCUT2D eigenvalue weighted by atomic mass is 16.5. The molecule has 1 N–H and O–H groups in total. The molecule has 0 aromatic heterocycles. The first kappa shape index (κ1) is 11.0. The molecule has 0 fully saturated rings. The number of amides is 1. The Morgan fingerprint density at radius 1 is 1.31 bits per heavy atom. The Balaban J connectivity index is 2.60. The van der Waals surface area contributed by atoms with E-state index in [1.165, 1.54) is 5.56 Å². The molecule has 3 nitrogen and oxygen atoms in total. The van der Waals surface area contributed by atoms with Crippen LogP contribution >= 0.6 is 0 Å². The van der Waals surface area contributed by atoms with Crippen molar-refractivity contribution in [2.45, 2.75) is 32.7 Å². The second-order valence-electron chi connectivity index (χ2n) is 5.15. The number of nitrogens with one attached hydrogen (secondary N) is 1. The highest BCUT2D eigenvalue weighted by Crippen LogP contribution is 2.33. The lowest BCUT2D eigenvalue weighted by atomic mass is 9.85. The van der Waals surface area contributed by atoms with Gasteiger partial charge >= 0.3 is 0 Å². The van der Waals surface area contributed by atoms with Crippen molar-refractivity contribution in [2.75, 3.05) is 7.11 Å². The predicted molar refractivity (Wildman–Crippen MR) is 62.9 cm³/mol. The van der Waals surface area contributed by atoms with Gasteiger partial charge in [0.05, 0.1) is 12.7 Å². The predicted octanol–water partition coefficient (Wildman–Crippen LogP) is 2.24. The molecule has 1 aliphatic rings. The van der Waals surface area contributed by atoms with Crippen LogP contribution in [0.1, 0.15) is 42.3 Å². The Kier molecular flexibility index (Phi) is 2.41. The van der Waals surface area contributed by atoms with E-state index in [0.717, 1.165) is 5.56 Å². The topological polar surface area (TPSA) is 38.3 Å². The fourth-order valence-corrected chi connectivity index (χ4v) is 1.93. The number of ether oxygens (including phenoxy) is 1. The molecule has 1 aliphatic heterocycles. The number of rotatable bonds is 1. The second kappa shape index (κ2) is 3.51. The van der Waals surface area contributed by atoms with Crippen LogP contribution in [0, 0.1) is 0 Å². The molecule has 16 heavy (non-hydrogen) atoms. The van der Waals surface area contributed by atoms with Crippen molar-refractivity contribution in [1.82, 2.24) is 5.32 Å². The molecule has 2 rings (SSSR count). The summed E-state index contributed by atoms with van der Waals surface area (Å²) in [7, 11) is 1.60. The average Bonchev–Trinajstić information content (AvgIpc) is 2.58. The monoisotopic (exact) mass is 219 g/mol. The summed E-state index contributed by atoms with van der Waals surface area (Å²) in [5.41, 5.74) is 2.98. The van der Waals surface area contributed by atoms with Gasteiger partial charge in [-0.15, -0.1) is 0 Å². The maximum absolute atomic E-state index is 11.6. The van der Waals surface area contributed by atoms with Crippen LogP contribution in [-0.2, 0) is 12.0 Å². The average molecular weight is 219 g/mol. The zero-order valence-corrected chi connectivity index (χ0v) is 10.2. The fraction of sp³-hybridized carbons (Fsp3) is 0.462.